The van der Waals surface area contributed by atoms with E-state index in [1.165, 1.54) is 0 Å². The summed E-state index contributed by atoms with van der Waals surface area (Å²) >= 11 is 0. The second kappa shape index (κ2) is 13.4. The SMILES string of the molecule is CCN=c1cc2oc3cc(NCC)c(C)cc3c(-c3ccccc3C(=O)OCC)c-2cc1C.Cl.O=[N+]([O-])O. The fraction of sp³-hybridized carbons (Fsp3) is 0.286. The minimum atomic E-state index is -1.50. The predicted octanol–water partition coefficient (Wildman–Crippen LogP) is 6.42. The van der Waals surface area contributed by atoms with Crippen molar-refractivity contribution in [2.75, 3.05) is 25.0 Å². The third-order valence-electron chi connectivity index (χ3n) is 5.77. The van der Waals surface area contributed by atoms with Gasteiger partial charge in [-0.25, -0.2) is 4.79 Å². The highest BCUT2D eigenvalue weighted by molar-refractivity contribution is 6.08. The van der Waals surface area contributed by atoms with Crippen molar-refractivity contribution in [1.82, 2.24) is 0 Å². The van der Waals surface area contributed by atoms with Crippen LogP contribution >= 0.6 is 12.4 Å². The second-order valence-electron chi connectivity index (χ2n) is 8.28. The first-order chi connectivity index (χ1) is 17.7. The molecule has 0 aromatic heterocycles. The summed E-state index contributed by atoms with van der Waals surface area (Å²) in [5.41, 5.74) is 7.25. The lowest BCUT2D eigenvalue weighted by Crippen LogP contribution is -2.10. The first kappa shape index (κ1) is 30.1. The Hall–Kier alpha value is -4.11. The molecule has 0 saturated carbocycles. The van der Waals surface area contributed by atoms with E-state index < -0.39 is 5.09 Å². The molecule has 4 rings (SSSR count). The van der Waals surface area contributed by atoms with Gasteiger partial charge < -0.3 is 19.7 Å². The Bertz CT molecular complexity index is 1480. The standard InChI is InChI=1S/C28H30N2O3.ClH.HNO3/c1-6-29-23-15-25-21(13-17(23)4)27(19-11-9-10-12-20(19)28(31)32-8-3)22-14-18(5)24(30-7-2)16-26(22)33-25;;2-1(3)4/h9-16,29H,6-8H2,1-5H3;1H;(H,2,3,4). The lowest BCUT2D eigenvalue weighted by molar-refractivity contribution is -0.742. The third kappa shape index (κ3) is 6.60. The molecule has 1 aliphatic carbocycles. The summed E-state index contributed by atoms with van der Waals surface area (Å²) in [6.07, 6.45) is 0. The quantitative estimate of drug-likeness (QED) is 0.125. The maximum atomic E-state index is 12.9. The van der Waals surface area contributed by atoms with Crippen LogP contribution in [0.15, 0.2) is 57.9 Å². The average Bonchev–Trinajstić information content (AvgIpc) is 2.84. The Labute approximate surface area is 227 Å². The van der Waals surface area contributed by atoms with Crippen LogP contribution in [0, 0.1) is 24.0 Å². The van der Waals surface area contributed by atoms with E-state index in [0.29, 0.717) is 18.7 Å². The molecule has 0 unspecified atom stereocenters. The van der Waals surface area contributed by atoms with Crippen LogP contribution in [0.3, 0.4) is 0 Å². The van der Waals surface area contributed by atoms with E-state index in [9.17, 15) is 4.79 Å². The van der Waals surface area contributed by atoms with Crippen molar-refractivity contribution in [1.29, 1.82) is 0 Å². The summed E-state index contributed by atoms with van der Waals surface area (Å²) in [6, 6.07) is 15.9. The molecule has 0 radical (unpaired) electrons. The van der Waals surface area contributed by atoms with Crippen LogP contribution in [0.1, 0.15) is 42.3 Å². The number of halogens is 1. The molecule has 0 spiro atoms. The van der Waals surface area contributed by atoms with Crippen molar-refractivity contribution in [3.05, 3.63) is 80.7 Å². The summed E-state index contributed by atoms with van der Waals surface area (Å²) in [4.78, 5) is 25.8. The molecule has 2 N–H and O–H groups in total. The van der Waals surface area contributed by atoms with Gasteiger partial charge in [-0.1, -0.05) is 18.2 Å². The lowest BCUT2D eigenvalue weighted by Gasteiger charge is -2.19. The largest absolute Gasteiger partial charge is 0.462 e. The van der Waals surface area contributed by atoms with Gasteiger partial charge in [0, 0.05) is 47.4 Å². The number of esters is 1. The number of nitrogens with zero attached hydrogens (tertiary/aromatic N) is 2. The van der Waals surface area contributed by atoms with Crippen molar-refractivity contribution in [3.63, 3.8) is 0 Å². The maximum absolute atomic E-state index is 12.9. The molecule has 2 aliphatic rings. The van der Waals surface area contributed by atoms with Crippen molar-refractivity contribution in [2.45, 2.75) is 34.6 Å². The fourth-order valence-electron chi connectivity index (χ4n) is 4.29. The zero-order valence-corrected chi connectivity index (χ0v) is 22.8. The van der Waals surface area contributed by atoms with Crippen LogP contribution in [-0.4, -0.2) is 36.0 Å². The van der Waals surface area contributed by atoms with Crippen molar-refractivity contribution < 1.29 is 24.2 Å². The maximum Gasteiger partial charge on any atom is 0.338 e. The molecule has 0 bridgehead atoms. The van der Waals surface area contributed by atoms with E-state index in [4.69, 9.17) is 24.5 Å². The number of fused-ring (bicyclic) bond motifs is 2. The minimum Gasteiger partial charge on any atom is -0.462 e. The highest BCUT2D eigenvalue weighted by Crippen LogP contribution is 2.43. The van der Waals surface area contributed by atoms with Crippen molar-refractivity contribution >= 4 is 35.0 Å². The molecule has 0 saturated heterocycles. The van der Waals surface area contributed by atoms with Crippen LogP contribution in [-0.2, 0) is 4.74 Å². The van der Waals surface area contributed by atoms with Gasteiger partial charge in [0.1, 0.15) is 11.3 Å². The Morgan fingerprint density at radius 3 is 2.39 bits per heavy atom. The molecule has 10 heteroatoms. The van der Waals surface area contributed by atoms with E-state index in [1.807, 2.05) is 50.2 Å². The highest BCUT2D eigenvalue weighted by Gasteiger charge is 2.23. The molecule has 2 aromatic rings. The third-order valence-corrected chi connectivity index (χ3v) is 5.77. The van der Waals surface area contributed by atoms with Gasteiger partial charge in [-0.3, -0.25) is 4.99 Å². The van der Waals surface area contributed by atoms with E-state index in [2.05, 4.69) is 43.2 Å². The zero-order chi connectivity index (χ0) is 27.1. The fourth-order valence-corrected chi connectivity index (χ4v) is 4.29. The predicted molar refractivity (Wildman–Crippen MR) is 150 cm³/mol. The van der Waals surface area contributed by atoms with Gasteiger partial charge in [0.05, 0.1) is 17.5 Å². The number of aryl methyl sites for hydroxylation is 2. The van der Waals surface area contributed by atoms with Crippen LogP contribution < -0.4 is 10.7 Å². The molecule has 1 heterocycles. The van der Waals surface area contributed by atoms with Crippen molar-refractivity contribution in [2.24, 2.45) is 4.99 Å². The number of anilines is 1. The summed E-state index contributed by atoms with van der Waals surface area (Å²) in [5, 5.41) is 18.9. The molecule has 9 nitrogen and oxygen atoms in total. The Kier molecular flexibility index (Phi) is 10.7. The van der Waals surface area contributed by atoms with Gasteiger partial charge in [0.25, 0.3) is 5.09 Å². The molecular weight excluding hydrogens is 510 g/mol. The second-order valence-corrected chi connectivity index (χ2v) is 8.28. The van der Waals surface area contributed by atoms with Gasteiger partial charge in [0.15, 0.2) is 0 Å². The average molecular weight is 542 g/mol. The monoisotopic (exact) mass is 541 g/mol. The summed E-state index contributed by atoms with van der Waals surface area (Å²) < 4.78 is 11.8. The summed E-state index contributed by atoms with van der Waals surface area (Å²) in [7, 11) is 0. The van der Waals surface area contributed by atoms with E-state index in [-0.39, 0.29) is 18.4 Å². The molecular formula is C28H32ClN3O6. The number of rotatable bonds is 6. The number of benzene rings is 3. The van der Waals surface area contributed by atoms with E-state index >= 15 is 0 Å². The molecule has 0 amide bonds. The van der Waals surface area contributed by atoms with Crippen LogP contribution in [0.2, 0.25) is 0 Å². The topological polar surface area (TPSA) is 127 Å². The highest BCUT2D eigenvalue weighted by atomic mass is 35.5. The molecule has 38 heavy (non-hydrogen) atoms. The number of hydrogen-bond acceptors (Lipinski definition) is 7. The van der Waals surface area contributed by atoms with Gasteiger partial charge in [0.2, 0.25) is 0 Å². The summed E-state index contributed by atoms with van der Waals surface area (Å²) in [6.45, 7) is 11.9. The van der Waals surface area contributed by atoms with Gasteiger partial charge in [-0.15, -0.1) is 22.5 Å². The molecule has 202 valence electrons. The van der Waals surface area contributed by atoms with Crippen molar-refractivity contribution in [3.8, 4) is 22.5 Å². The number of carbonyl (C=O) groups excluding carboxylic acids is 1. The number of ether oxygens (including phenoxy) is 1. The minimum absolute atomic E-state index is 0. The van der Waals surface area contributed by atoms with Crippen LogP contribution in [0.25, 0.3) is 33.4 Å². The van der Waals surface area contributed by atoms with Gasteiger partial charge in [-0.2, -0.15) is 0 Å². The van der Waals surface area contributed by atoms with E-state index in [0.717, 1.165) is 62.1 Å². The van der Waals surface area contributed by atoms with Gasteiger partial charge in [-0.05, 0) is 69.5 Å². The normalized spacial score (nSPS) is 10.9. The van der Waals surface area contributed by atoms with Crippen LogP contribution in [0.4, 0.5) is 5.69 Å². The number of hydrogen-bond donors (Lipinski definition) is 2. The molecule has 0 atom stereocenters. The lowest BCUT2D eigenvalue weighted by atomic mass is 9.89. The smallest absolute Gasteiger partial charge is 0.338 e. The van der Waals surface area contributed by atoms with Crippen LogP contribution in [0.5, 0.6) is 0 Å². The van der Waals surface area contributed by atoms with Gasteiger partial charge >= 0.3 is 5.97 Å². The molecule has 1 aliphatic heterocycles. The van der Waals surface area contributed by atoms with E-state index in [1.54, 1.807) is 0 Å². The zero-order valence-electron chi connectivity index (χ0n) is 22.0. The Morgan fingerprint density at radius 2 is 1.76 bits per heavy atom. The molecule has 0 fully saturated rings. The summed E-state index contributed by atoms with van der Waals surface area (Å²) in [5.74, 6) is 0.408. The Morgan fingerprint density at radius 1 is 1.08 bits per heavy atom. The first-order valence-electron chi connectivity index (χ1n) is 12.1. The first-order valence-corrected chi connectivity index (χ1v) is 12.1. The molecule has 2 aromatic carbocycles. The Balaban J connectivity index is 0.000000947. The number of nitrogens with one attached hydrogen (secondary N) is 1. The number of carbonyl (C=O) groups is 1.